The highest BCUT2D eigenvalue weighted by Crippen LogP contribution is 2.08. The molecule has 0 heterocycles. The number of nitrogens with one attached hydrogen (secondary N) is 1. The first kappa shape index (κ1) is 12.9. The van der Waals surface area contributed by atoms with Crippen molar-refractivity contribution in [1.82, 2.24) is 5.32 Å². The first-order valence-corrected chi connectivity index (χ1v) is 4.92. The van der Waals surface area contributed by atoms with Crippen LogP contribution >= 0.6 is 0 Å². The SMILES string of the molecule is C=C(C)\C=C/C=C(CNC)/C(C)=C/C. The Bertz CT molecular complexity index is 267. The molecule has 1 heteroatoms. The van der Waals surface area contributed by atoms with Crippen molar-refractivity contribution in [3.05, 3.63) is 47.6 Å². The van der Waals surface area contributed by atoms with E-state index < -0.39 is 0 Å². The third kappa shape index (κ3) is 5.55. The van der Waals surface area contributed by atoms with Gasteiger partial charge in [-0.2, -0.15) is 0 Å². The van der Waals surface area contributed by atoms with Gasteiger partial charge >= 0.3 is 0 Å². The van der Waals surface area contributed by atoms with Crippen LogP contribution in [0.4, 0.5) is 0 Å². The van der Waals surface area contributed by atoms with Gasteiger partial charge in [-0.25, -0.2) is 0 Å². The summed E-state index contributed by atoms with van der Waals surface area (Å²) < 4.78 is 0. The monoisotopic (exact) mass is 191 g/mol. The van der Waals surface area contributed by atoms with Gasteiger partial charge in [0.25, 0.3) is 0 Å². The van der Waals surface area contributed by atoms with E-state index >= 15 is 0 Å². The topological polar surface area (TPSA) is 12.0 Å². The highest BCUT2D eigenvalue weighted by Gasteiger charge is 1.95. The van der Waals surface area contributed by atoms with Crippen molar-refractivity contribution in [2.45, 2.75) is 20.8 Å². The number of likely N-dealkylation sites (N-methyl/N-ethyl adjacent to an activating group) is 1. The summed E-state index contributed by atoms with van der Waals surface area (Å²) in [6, 6.07) is 0. The third-order valence-corrected chi connectivity index (χ3v) is 1.98. The first-order chi connectivity index (χ1) is 6.61. The largest absolute Gasteiger partial charge is 0.316 e. The number of hydrogen-bond acceptors (Lipinski definition) is 1. The lowest BCUT2D eigenvalue weighted by Gasteiger charge is -2.05. The summed E-state index contributed by atoms with van der Waals surface area (Å²) in [5, 5.41) is 3.16. The van der Waals surface area contributed by atoms with Crippen LogP contribution in [0.1, 0.15) is 20.8 Å². The van der Waals surface area contributed by atoms with Crippen molar-refractivity contribution >= 4 is 0 Å². The Hall–Kier alpha value is -1.08. The predicted octanol–water partition coefficient (Wildman–Crippen LogP) is 3.23. The van der Waals surface area contributed by atoms with Crippen molar-refractivity contribution in [3.8, 4) is 0 Å². The van der Waals surface area contributed by atoms with Crippen molar-refractivity contribution in [2.24, 2.45) is 0 Å². The van der Waals surface area contributed by atoms with Gasteiger partial charge in [0.15, 0.2) is 0 Å². The zero-order chi connectivity index (χ0) is 11.0. The number of allylic oxidation sites excluding steroid dienone is 5. The molecule has 0 aromatic carbocycles. The van der Waals surface area contributed by atoms with Crippen molar-refractivity contribution < 1.29 is 0 Å². The Morgan fingerprint density at radius 3 is 2.43 bits per heavy atom. The molecular weight excluding hydrogens is 170 g/mol. The van der Waals surface area contributed by atoms with Crippen molar-refractivity contribution in [3.63, 3.8) is 0 Å². The van der Waals surface area contributed by atoms with Crippen LogP contribution in [0, 0.1) is 0 Å². The van der Waals surface area contributed by atoms with Crippen LogP contribution in [0.25, 0.3) is 0 Å². The maximum absolute atomic E-state index is 3.82. The molecule has 0 saturated carbocycles. The summed E-state index contributed by atoms with van der Waals surface area (Å²) >= 11 is 0. The molecule has 0 aromatic heterocycles. The fourth-order valence-electron chi connectivity index (χ4n) is 1.03. The molecule has 0 aromatic rings. The van der Waals surface area contributed by atoms with Gasteiger partial charge < -0.3 is 5.32 Å². The Labute approximate surface area is 87.9 Å². The molecule has 0 rings (SSSR count). The third-order valence-electron chi connectivity index (χ3n) is 1.98. The Morgan fingerprint density at radius 2 is 2.00 bits per heavy atom. The molecule has 0 aliphatic heterocycles. The summed E-state index contributed by atoms with van der Waals surface area (Å²) in [6.45, 7) is 10.9. The minimum atomic E-state index is 0.900. The van der Waals surface area contributed by atoms with E-state index in [9.17, 15) is 0 Å². The van der Waals surface area contributed by atoms with Crippen LogP contribution in [-0.4, -0.2) is 13.6 Å². The predicted molar refractivity (Wildman–Crippen MR) is 65.4 cm³/mol. The van der Waals surface area contributed by atoms with Gasteiger partial charge in [0, 0.05) is 6.54 Å². The van der Waals surface area contributed by atoms with E-state index in [1.54, 1.807) is 0 Å². The standard InChI is InChI=1S/C13H21N/c1-6-12(4)13(10-14-5)9-7-8-11(2)3/h6-9,14H,2,10H2,1,3-5H3/b8-7-,12-6+,13-9+. The first-order valence-electron chi connectivity index (χ1n) is 4.92. The van der Waals surface area contributed by atoms with Crippen LogP contribution in [0.3, 0.4) is 0 Å². The van der Waals surface area contributed by atoms with E-state index in [0.717, 1.165) is 12.1 Å². The van der Waals surface area contributed by atoms with E-state index in [0.29, 0.717) is 0 Å². The van der Waals surface area contributed by atoms with Crippen LogP contribution in [0.15, 0.2) is 47.6 Å². The second-order valence-corrected chi connectivity index (χ2v) is 3.40. The normalized spacial score (nSPS) is 13.7. The lowest BCUT2D eigenvalue weighted by atomic mass is 10.1. The lowest BCUT2D eigenvalue weighted by Crippen LogP contribution is -2.11. The van der Waals surface area contributed by atoms with Crippen LogP contribution in [0.5, 0.6) is 0 Å². The van der Waals surface area contributed by atoms with Gasteiger partial charge in [0.05, 0.1) is 0 Å². The summed E-state index contributed by atoms with van der Waals surface area (Å²) in [5.74, 6) is 0. The highest BCUT2D eigenvalue weighted by atomic mass is 14.8. The molecule has 14 heavy (non-hydrogen) atoms. The zero-order valence-electron chi connectivity index (χ0n) is 9.72. The molecule has 0 amide bonds. The maximum atomic E-state index is 3.82. The van der Waals surface area contributed by atoms with Crippen LogP contribution < -0.4 is 5.32 Å². The zero-order valence-corrected chi connectivity index (χ0v) is 9.72. The molecule has 0 aliphatic rings. The van der Waals surface area contributed by atoms with Crippen LogP contribution in [-0.2, 0) is 0 Å². The summed E-state index contributed by atoms with van der Waals surface area (Å²) in [7, 11) is 1.96. The minimum absolute atomic E-state index is 0.900. The molecule has 78 valence electrons. The average Bonchev–Trinajstić information content (AvgIpc) is 2.15. The maximum Gasteiger partial charge on any atom is 0.0205 e. The molecule has 1 nitrogen and oxygen atoms in total. The molecule has 0 fully saturated rings. The molecular formula is C13H21N. The molecule has 0 saturated heterocycles. The molecule has 0 aliphatic carbocycles. The summed E-state index contributed by atoms with van der Waals surface area (Å²) in [5.41, 5.74) is 3.70. The van der Waals surface area contributed by atoms with Gasteiger partial charge in [-0.15, -0.1) is 0 Å². The Kier molecular flexibility index (Phi) is 6.77. The number of hydrogen-bond donors (Lipinski definition) is 1. The van der Waals surface area contributed by atoms with Gasteiger partial charge in [0.1, 0.15) is 0 Å². The molecule has 1 N–H and O–H groups in total. The Balaban J connectivity index is 4.56. The van der Waals surface area contributed by atoms with E-state index in [1.165, 1.54) is 11.1 Å². The van der Waals surface area contributed by atoms with Gasteiger partial charge in [-0.1, -0.05) is 42.0 Å². The van der Waals surface area contributed by atoms with Crippen molar-refractivity contribution in [1.29, 1.82) is 0 Å². The van der Waals surface area contributed by atoms with E-state index in [4.69, 9.17) is 0 Å². The lowest BCUT2D eigenvalue weighted by molar-refractivity contribution is 0.884. The second-order valence-electron chi connectivity index (χ2n) is 3.40. The van der Waals surface area contributed by atoms with Crippen LogP contribution in [0.2, 0.25) is 0 Å². The Morgan fingerprint density at radius 1 is 1.36 bits per heavy atom. The van der Waals surface area contributed by atoms with E-state index in [2.05, 4.69) is 37.9 Å². The molecule has 0 spiro atoms. The van der Waals surface area contributed by atoms with Gasteiger partial charge in [-0.05, 0) is 33.4 Å². The quantitative estimate of drug-likeness (QED) is 0.658. The fraction of sp³-hybridized carbons (Fsp3) is 0.385. The van der Waals surface area contributed by atoms with Gasteiger partial charge in [0.2, 0.25) is 0 Å². The van der Waals surface area contributed by atoms with E-state index in [-0.39, 0.29) is 0 Å². The molecule has 0 bridgehead atoms. The smallest absolute Gasteiger partial charge is 0.0205 e. The average molecular weight is 191 g/mol. The molecule has 0 radical (unpaired) electrons. The number of rotatable bonds is 5. The minimum Gasteiger partial charge on any atom is -0.316 e. The highest BCUT2D eigenvalue weighted by molar-refractivity contribution is 5.34. The fourth-order valence-corrected chi connectivity index (χ4v) is 1.03. The van der Waals surface area contributed by atoms with E-state index in [1.807, 2.05) is 26.1 Å². The summed E-state index contributed by atoms with van der Waals surface area (Å²) in [6.07, 6.45) is 8.30. The molecule has 0 atom stereocenters. The van der Waals surface area contributed by atoms with Crippen molar-refractivity contribution in [2.75, 3.05) is 13.6 Å². The second kappa shape index (κ2) is 7.34. The summed E-state index contributed by atoms with van der Waals surface area (Å²) in [4.78, 5) is 0. The van der Waals surface area contributed by atoms with Gasteiger partial charge in [-0.3, -0.25) is 0 Å². The molecule has 0 unspecified atom stereocenters.